The van der Waals surface area contributed by atoms with Gasteiger partial charge in [-0.25, -0.2) is 8.42 Å². The van der Waals surface area contributed by atoms with Crippen molar-refractivity contribution in [3.8, 4) is 0 Å². The maximum atomic E-state index is 11.5. The first-order chi connectivity index (χ1) is 10.6. The lowest BCUT2D eigenvalue weighted by molar-refractivity contribution is 0.446. The fraction of sp³-hybridized carbons (Fsp3) is 0.667. The number of nitrogens with one attached hydrogen (secondary N) is 1. The fourth-order valence-electron chi connectivity index (χ4n) is 2.80. The van der Waals surface area contributed by atoms with Gasteiger partial charge in [0.15, 0.2) is 5.96 Å². The summed E-state index contributed by atoms with van der Waals surface area (Å²) in [6.45, 7) is 1.30. The van der Waals surface area contributed by atoms with Gasteiger partial charge < -0.3 is 14.8 Å². The summed E-state index contributed by atoms with van der Waals surface area (Å²) >= 11 is 6.01. The topological polar surface area (TPSA) is 66.7 Å². The Labute approximate surface area is 166 Å². The molecule has 1 fully saturated rings. The highest BCUT2D eigenvalue weighted by Gasteiger charge is 2.45. The van der Waals surface area contributed by atoms with Gasteiger partial charge in [-0.3, -0.25) is 4.99 Å². The predicted molar refractivity (Wildman–Crippen MR) is 110 cm³/mol. The van der Waals surface area contributed by atoms with E-state index >= 15 is 0 Å². The van der Waals surface area contributed by atoms with E-state index in [1.165, 1.54) is 6.26 Å². The summed E-state index contributed by atoms with van der Waals surface area (Å²) in [5.41, 5.74) is 0.955. The van der Waals surface area contributed by atoms with Gasteiger partial charge in [0, 0.05) is 51.2 Å². The van der Waals surface area contributed by atoms with Crippen LogP contribution in [0.15, 0.2) is 17.3 Å². The van der Waals surface area contributed by atoms with Crippen LogP contribution in [-0.4, -0.2) is 56.5 Å². The monoisotopic (exact) mass is 488 g/mol. The van der Waals surface area contributed by atoms with Gasteiger partial charge >= 0.3 is 0 Å². The molecule has 138 valence electrons. The summed E-state index contributed by atoms with van der Waals surface area (Å²) < 4.78 is 25.0. The molecule has 0 aliphatic heterocycles. The van der Waals surface area contributed by atoms with Crippen LogP contribution in [0.1, 0.15) is 18.5 Å². The van der Waals surface area contributed by atoms with Gasteiger partial charge in [0.1, 0.15) is 9.84 Å². The molecular formula is C15H26ClIN4O2S. The molecule has 1 saturated carbocycles. The second-order valence-electron chi connectivity index (χ2n) is 6.59. The molecule has 1 aliphatic carbocycles. The Morgan fingerprint density at radius 3 is 2.54 bits per heavy atom. The molecule has 2 rings (SSSR count). The van der Waals surface area contributed by atoms with Gasteiger partial charge in [-0.05, 0) is 18.9 Å². The van der Waals surface area contributed by atoms with E-state index in [0.29, 0.717) is 18.1 Å². The number of halogens is 2. The fourth-order valence-corrected chi connectivity index (χ4v) is 4.57. The van der Waals surface area contributed by atoms with Gasteiger partial charge in [-0.15, -0.1) is 24.0 Å². The molecule has 0 aromatic carbocycles. The minimum atomic E-state index is -2.96. The lowest BCUT2D eigenvalue weighted by Gasteiger charge is -2.24. The molecule has 0 amide bonds. The molecule has 0 radical (unpaired) electrons. The van der Waals surface area contributed by atoms with Crippen LogP contribution in [0.4, 0.5) is 0 Å². The third-order valence-corrected chi connectivity index (χ3v) is 5.54. The summed E-state index contributed by atoms with van der Waals surface area (Å²) in [5.74, 6) is 0.989. The minimum Gasteiger partial charge on any atom is -0.356 e. The van der Waals surface area contributed by atoms with Gasteiger partial charge in [0.2, 0.25) is 0 Å². The number of rotatable bonds is 6. The van der Waals surface area contributed by atoms with Crippen LogP contribution in [0.25, 0.3) is 0 Å². The number of aryl methyl sites for hydroxylation is 1. The zero-order chi connectivity index (χ0) is 17.3. The quantitative estimate of drug-likeness (QED) is 0.378. The third-order valence-electron chi connectivity index (χ3n) is 4.19. The van der Waals surface area contributed by atoms with Crippen molar-refractivity contribution >= 4 is 51.4 Å². The Kier molecular flexibility index (Phi) is 7.43. The van der Waals surface area contributed by atoms with Crippen molar-refractivity contribution in [1.29, 1.82) is 0 Å². The van der Waals surface area contributed by atoms with E-state index in [0.717, 1.165) is 24.5 Å². The normalized spacial score (nSPS) is 16.5. The van der Waals surface area contributed by atoms with Crippen molar-refractivity contribution in [2.45, 2.75) is 19.4 Å². The van der Waals surface area contributed by atoms with Gasteiger partial charge in [-0.2, -0.15) is 0 Å². The number of sulfone groups is 1. The molecule has 1 aromatic rings. The Balaban J connectivity index is 0.00000288. The molecule has 1 N–H and O–H groups in total. The number of hydrogen-bond acceptors (Lipinski definition) is 3. The Bertz CT molecular complexity index is 698. The average molecular weight is 489 g/mol. The SMILES string of the molecule is CN=C(NCC1(CS(C)(=O)=O)CC1)N(C)Cc1cc(Cl)cn1C.I. The third kappa shape index (κ3) is 6.11. The van der Waals surface area contributed by atoms with Crippen LogP contribution in [0.2, 0.25) is 5.02 Å². The second kappa shape index (κ2) is 8.27. The first kappa shape index (κ1) is 21.6. The standard InChI is InChI=1S/C15H25ClN4O2S.HI/c1-17-14(18-10-15(5-6-15)11-23(4,21)22)20(3)9-13-7-12(16)8-19(13)2;/h7-8H,5-6,9-11H2,1-4H3,(H,17,18);1H. The molecule has 1 aromatic heterocycles. The number of aromatic nitrogens is 1. The average Bonchev–Trinajstić information content (AvgIpc) is 3.08. The summed E-state index contributed by atoms with van der Waals surface area (Å²) in [7, 11) is 2.68. The van der Waals surface area contributed by atoms with E-state index in [-0.39, 0.29) is 35.1 Å². The van der Waals surface area contributed by atoms with Crippen LogP contribution >= 0.6 is 35.6 Å². The molecule has 1 heterocycles. The van der Waals surface area contributed by atoms with E-state index in [9.17, 15) is 8.42 Å². The van der Waals surface area contributed by atoms with E-state index in [1.54, 1.807) is 7.05 Å². The zero-order valence-corrected chi connectivity index (χ0v) is 18.4. The Morgan fingerprint density at radius 1 is 1.50 bits per heavy atom. The van der Waals surface area contributed by atoms with Crippen LogP contribution in [-0.2, 0) is 23.4 Å². The number of aliphatic imine (C=N–C) groups is 1. The second-order valence-corrected chi connectivity index (χ2v) is 9.16. The van der Waals surface area contributed by atoms with Crippen LogP contribution in [0.5, 0.6) is 0 Å². The highest BCUT2D eigenvalue weighted by Crippen LogP contribution is 2.46. The molecule has 0 saturated heterocycles. The minimum absolute atomic E-state index is 0. The zero-order valence-electron chi connectivity index (χ0n) is 14.5. The van der Waals surface area contributed by atoms with Crippen molar-refractivity contribution in [3.63, 3.8) is 0 Å². The number of hydrogen-bond donors (Lipinski definition) is 1. The molecule has 6 nitrogen and oxygen atoms in total. The Morgan fingerprint density at radius 2 is 2.12 bits per heavy atom. The molecule has 24 heavy (non-hydrogen) atoms. The summed E-state index contributed by atoms with van der Waals surface area (Å²) in [5, 5.41) is 4.02. The lowest BCUT2D eigenvalue weighted by atomic mass is 10.1. The van der Waals surface area contributed by atoms with Crippen LogP contribution in [0.3, 0.4) is 0 Å². The van der Waals surface area contributed by atoms with E-state index in [1.807, 2.05) is 35.8 Å². The van der Waals surface area contributed by atoms with Crippen molar-refractivity contribution in [1.82, 2.24) is 14.8 Å². The van der Waals surface area contributed by atoms with Gasteiger partial charge in [0.05, 0.1) is 17.3 Å². The van der Waals surface area contributed by atoms with Gasteiger partial charge in [-0.1, -0.05) is 11.6 Å². The van der Waals surface area contributed by atoms with Crippen LogP contribution in [0, 0.1) is 5.41 Å². The maximum Gasteiger partial charge on any atom is 0.193 e. The highest BCUT2D eigenvalue weighted by molar-refractivity contribution is 14.0. The van der Waals surface area contributed by atoms with Crippen molar-refractivity contribution in [2.24, 2.45) is 17.5 Å². The molecular weight excluding hydrogens is 463 g/mol. The van der Waals surface area contributed by atoms with Crippen LogP contribution < -0.4 is 5.32 Å². The smallest absolute Gasteiger partial charge is 0.193 e. The number of nitrogens with zero attached hydrogens (tertiary/aromatic N) is 3. The molecule has 9 heteroatoms. The summed E-state index contributed by atoms with van der Waals surface area (Å²) in [4.78, 5) is 6.29. The summed E-state index contributed by atoms with van der Waals surface area (Å²) in [6, 6.07) is 1.93. The first-order valence-electron chi connectivity index (χ1n) is 7.54. The molecule has 1 aliphatic rings. The first-order valence-corrected chi connectivity index (χ1v) is 9.98. The van der Waals surface area contributed by atoms with Crippen molar-refractivity contribution < 1.29 is 8.42 Å². The Hall–Kier alpha value is -0.480. The van der Waals surface area contributed by atoms with Crippen molar-refractivity contribution in [3.05, 3.63) is 23.0 Å². The molecule has 0 atom stereocenters. The predicted octanol–water partition coefficient (Wildman–Crippen LogP) is 2.13. The number of guanidine groups is 1. The van der Waals surface area contributed by atoms with Gasteiger partial charge in [0.25, 0.3) is 0 Å². The van der Waals surface area contributed by atoms with E-state index < -0.39 is 9.84 Å². The molecule has 0 spiro atoms. The highest BCUT2D eigenvalue weighted by atomic mass is 127. The van der Waals surface area contributed by atoms with Crippen molar-refractivity contribution in [2.75, 3.05) is 32.6 Å². The maximum absolute atomic E-state index is 11.5. The lowest BCUT2D eigenvalue weighted by Crippen LogP contribution is -2.42. The van der Waals surface area contributed by atoms with E-state index in [2.05, 4.69) is 10.3 Å². The summed E-state index contributed by atoms with van der Waals surface area (Å²) in [6.07, 6.45) is 5.06. The largest absolute Gasteiger partial charge is 0.356 e. The van der Waals surface area contributed by atoms with E-state index in [4.69, 9.17) is 11.6 Å². The molecule has 0 bridgehead atoms. The molecule has 0 unspecified atom stereocenters.